The molecule has 12 heteroatoms. The maximum Gasteiger partial charge on any atom is 0.162 e. The highest BCUT2D eigenvalue weighted by molar-refractivity contribution is 5.99. The lowest BCUT2D eigenvalue weighted by Gasteiger charge is -2.25. The van der Waals surface area contributed by atoms with Gasteiger partial charge in [0, 0.05) is 119 Å². The van der Waals surface area contributed by atoms with E-state index < -0.39 is 0 Å². The number of benzene rings is 4. The fraction of sp³-hybridized carbons (Fsp3) is 0.544. The Hall–Kier alpha value is -5.95. The molecule has 0 spiro atoms. The Morgan fingerprint density at radius 2 is 0.588 bits per heavy atom. The second-order valence-electron chi connectivity index (χ2n) is 21.5. The van der Waals surface area contributed by atoms with E-state index in [9.17, 15) is 39.3 Å². The standard InChI is InChI=1S/C68H92O12/c1-6-11-15-25-61(73)48-36-52-44-54-38-49(62(74)26-16-12-7-2)40-56(66(54)78-33-21-29-69)46-58-42-51(64(76)28-18-14-9-4)43-59(68(58)80-35-23-31-71)47-57-41-50(63(75)27-17-13-8-3)39-55(67(57)79-34-22-30-70)45-53(37-48)65(52)77-32-20-19-24-60(72)10-5/h10,36-43,69-71H,5-9,11-35,44-47H2,1-4H3. The van der Waals surface area contributed by atoms with E-state index in [0.717, 1.165) is 51.4 Å². The van der Waals surface area contributed by atoms with Gasteiger partial charge in [-0.3, -0.25) is 24.0 Å². The molecule has 3 N–H and O–H groups in total. The zero-order valence-corrected chi connectivity index (χ0v) is 48.8. The van der Waals surface area contributed by atoms with Crippen LogP contribution in [0.3, 0.4) is 0 Å². The number of Topliss-reactive ketones (excluding diaryl/α,β-unsaturated/α-hetero) is 4. The van der Waals surface area contributed by atoms with Crippen LogP contribution < -0.4 is 18.9 Å². The van der Waals surface area contributed by atoms with Crippen molar-refractivity contribution in [3.8, 4) is 23.0 Å². The van der Waals surface area contributed by atoms with Crippen LogP contribution in [0.4, 0.5) is 0 Å². The normalized spacial score (nSPS) is 12.0. The van der Waals surface area contributed by atoms with Crippen molar-refractivity contribution in [2.24, 2.45) is 0 Å². The molecule has 0 heterocycles. The zero-order chi connectivity index (χ0) is 57.7. The van der Waals surface area contributed by atoms with Gasteiger partial charge in [0.2, 0.25) is 0 Å². The minimum Gasteiger partial charge on any atom is -0.493 e. The van der Waals surface area contributed by atoms with E-state index in [1.54, 1.807) is 0 Å². The SMILES string of the molecule is C=CC(=O)CCCCOc1c2cc(C(=O)CCCCC)cc1Cc1cc(C(=O)CCCCC)cc(c1OCCCO)Cc1cc(C(=O)CCCCC)cc(c1OCCCO)Cc1cc(C(=O)CCCCC)cc(c1OCCCO)C2. The molecule has 0 amide bonds. The summed E-state index contributed by atoms with van der Waals surface area (Å²) < 4.78 is 27.3. The van der Waals surface area contributed by atoms with Crippen molar-refractivity contribution in [3.63, 3.8) is 0 Å². The third-order valence-corrected chi connectivity index (χ3v) is 14.8. The predicted octanol–water partition coefficient (Wildman–Crippen LogP) is 14.0. The topological polar surface area (TPSA) is 183 Å². The van der Waals surface area contributed by atoms with Crippen LogP contribution in [0.5, 0.6) is 23.0 Å². The molecule has 80 heavy (non-hydrogen) atoms. The van der Waals surface area contributed by atoms with Crippen LogP contribution in [0.2, 0.25) is 0 Å². The first-order chi connectivity index (χ1) is 38.9. The summed E-state index contributed by atoms with van der Waals surface area (Å²) in [6.07, 6.45) is 15.9. The zero-order valence-electron chi connectivity index (χ0n) is 48.8. The first kappa shape index (κ1) is 64.9. The number of aliphatic hydroxyl groups excluding tert-OH is 3. The van der Waals surface area contributed by atoms with Crippen molar-refractivity contribution < 1.29 is 58.2 Å². The third kappa shape index (κ3) is 19.9. The molecular formula is C68H92O12. The number of ketones is 5. The monoisotopic (exact) mass is 1100 g/mol. The summed E-state index contributed by atoms with van der Waals surface area (Å²) in [7, 11) is 0. The summed E-state index contributed by atoms with van der Waals surface area (Å²) in [6, 6.07) is 15.1. The summed E-state index contributed by atoms with van der Waals surface area (Å²) in [5.41, 5.74) is 7.31. The quantitative estimate of drug-likeness (QED) is 0.0193. The van der Waals surface area contributed by atoms with Crippen molar-refractivity contribution in [3.05, 3.63) is 128 Å². The minimum atomic E-state index is -0.118. The summed E-state index contributed by atoms with van der Waals surface area (Å²) in [5.74, 6) is 1.85. The van der Waals surface area contributed by atoms with E-state index in [-0.39, 0.29) is 101 Å². The first-order valence-electron chi connectivity index (χ1n) is 30.2. The van der Waals surface area contributed by atoms with Gasteiger partial charge in [-0.2, -0.15) is 0 Å². The highest BCUT2D eigenvalue weighted by atomic mass is 16.5. The lowest BCUT2D eigenvalue weighted by atomic mass is 9.86. The predicted molar refractivity (Wildman–Crippen MR) is 317 cm³/mol. The van der Waals surface area contributed by atoms with Crippen LogP contribution in [-0.2, 0) is 30.5 Å². The maximum absolute atomic E-state index is 14.6. The van der Waals surface area contributed by atoms with Gasteiger partial charge in [-0.1, -0.05) is 85.6 Å². The molecule has 1 aliphatic rings. The van der Waals surface area contributed by atoms with Crippen LogP contribution >= 0.6 is 0 Å². The Labute approximate surface area is 477 Å². The fourth-order valence-electron chi connectivity index (χ4n) is 10.4. The number of carbonyl (C=O) groups excluding carboxylic acids is 5. The van der Waals surface area contributed by atoms with Gasteiger partial charge >= 0.3 is 0 Å². The molecule has 4 aromatic rings. The average Bonchev–Trinajstić information content (AvgIpc) is 3.47. The van der Waals surface area contributed by atoms with Gasteiger partial charge < -0.3 is 34.3 Å². The van der Waals surface area contributed by atoms with Gasteiger partial charge in [0.15, 0.2) is 28.9 Å². The number of allylic oxidation sites excluding steroid dienone is 1. The summed E-state index contributed by atoms with van der Waals surface area (Å²) in [6.45, 7) is 12.4. The number of ether oxygens (including phenoxy) is 4. The van der Waals surface area contributed by atoms with Crippen molar-refractivity contribution in [1.82, 2.24) is 0 Å². The van der Waals surface area contributed by atoms with Crippen LogP contribution in [0.1, 0.15) is 255 Å². The highest BCUT2D eigenvalue weighted by Crippen LogP contribution is 2.42. The van der Waals surface area contributed by atoms with Crippen molar-refractivity contribution in [2.45, 2.75) is 195 Å². The molecule has 0 atom stereocenters. The van der Waals surface area contributed by atoms with Crippen LogP contribution in [-0.4, -0.2) is 90.5 Å². The number of hydrogen-bond acceptors (Lipinski definition) is 12. The molecule has 4 aromatic carbocycles. The van der Waals surface area contributed by atoms with Crippen molar-refractivity contribution >= 4 is 28.9 Å². The number of hydrogen-bond donors (Lipinski definition) is 3. The largest absolute Gasteiger partial charge is 0.493 e. The van der Waals surface area contributed by atoms with Crippen LogP contribution in [0.15, 0.2) is 61.2 Å². The van der Waals surface area contributed by atoms with Gasteiger partial charge in [-0.05, 0) is 138 Å². The molecule has 0 radical (unpaired) electrons. The molecule has 12 nitrogen and oxygen atoms in total. The smallest absolute Gasteiger partial charge is 0.162 e. The molecule has 0 saturated carbocycles. The molecule has 0 unspecified atom stereocenters. The van der Waals surface area contributed by atoms with Gasteiger partial charge in [-0.25, -0.2) is 0 Å². The van der Waals surface area contributed by atoms with E-state index in [1.807, 2.05) is 48.5 Å². The summed E-state index contributed by atoms with van der Waals surface area (Å²) in [4.78, 5) is 70.4. The second-order valence-corrected chi connectivity index (χ2v) is 21.5. The first-order valence-corrected chi connectivity index (χ1v) is 30.2. The Kier molecular flexibility index (Phi) is 29.0. The van der Waals surface area contributed by atoms with Crippen LogP contribution in [0, 0.1) is 0 Å². The maximum atomic E-state index is 14.6. The molecule has 5 rings (SSSR count). The molecule has 8 bridgehead atoms. The van der Waals surface area contributed by atoms with E-state index in [1.165, 1.54) is 6.08 Å². The third-order valence-electron chi connectivity index (χ3n) is 14.8. The minimum absolute atomic E-state index is 0.0305. The highest BCUT2D eigenvalue weighted by Gasteiger charge is 2.27. The van der Waals surface area contributed by atoms with Crippen molar-refractivity contribution in [1.29, 1.82) is 0 Å². The molecule has 1 aliphatic carbocycles. The molecule has 0 aromatic heterocycles. The van der Waals surface area contributed by atoms with E-state index in [0.29, 0.717) is 180 Å². The van der Waals surface area contributed by atoms with Gasteiger partial charge in [0.1, 0.15) is 23.0 Å². The number of aliphatic hydroxyl groups is 3. The Morgan fingerprint density at radius 3 is 0.800 bits per heavy atom. The summed E-state index contributed by atoms with van der Waals surface area (Å²) in [5, 5.41) is 30.3. The molecular weight excluding hydrogens is 1010 g/mol. The Bertz CT molecular complexity index is 2530. The van der Waals surface area contributed by atoms with E-state index in [4.69, 9.17) is 18.9 Å². The van der Waals surface area contributed by atoms with E-state index >= 15 is 0 Å². The lowest BCUT2D eigenvalue weighted by Crippen LogP contribution is -2.14. The van der Waals surface area contributed by atoms with Crippen LogP contribution in [0.25, 0.3) is 0 Å². The fourth-order valence-corrected chi connectivity index (χ4v) is 10.4. The van der Waals surface area contributed by atoms with Gasteiger partial charge in [-0.15, -0.1) is 0 Å². The second kappa shape index (κ2) is 35.7. The van der Waals surface area contributed by atoms with Gasteiger partial charge in [0.25, 0.3) is 0 Å². The lowest BCUT2D eigenvalue weighted by molar-refractivity contribution is -0.114. The Morgan fingerprint density at radius 1 is 0.362 bits per heavy atom. The number of fused-ring (bicyclic) bond motifs is 8. The number of rotatable bonds is 39. The number of carbonyl (C=O) groups is 5. The molecule has 0 aliphatic heterocycles. The van der Waals surface area contributed by atoms with Crippen molar-refractivity contribution in [2.75, 3.05) is 46.2 Å². The summed E-state index contributed by atoms with van der Waals surface area (Å²) >= 11 is 0. The van der Waals surface area contributed by atoms with Gasteiger partial charge in [0.05, 0.1) is 26.4 Å². The molecule has 0 saturated heterocycles. The molecule has 436 valence electrons. The molecule has 0 fully saturated rings. The Balaban J connectivity index is 1.99. The number of unbranched alkanes of at least 4 members (excludes halogenated alkanes) is 9. The average molecular weight is 1100 g/mol. The van der Waals surface area contributed by atoms with E-state index in [2.05, 4.69) is 34.3 Å².